The van der Waals surface area contributed by atoms with Gasteiger partial charge in [-0.3, -0.25) is 9.36 Å². The number of pyridine rings is 1. The maximum atomic E-state index is 14.3. The summed E-state index contributed by atoms with van der Waals surface area (Å²) >= 11 is 1.26. The second-order valence-corrected chi connectivity index (χ2v) is 7.19. The Morgan fingerprint density at radius 2 is 2.21 bits per heavy atom. The molecule has 0 saturated heterocycles. The number of ether oxygens (including phenoxy) is 1. The van der Waals surface area contributed by atoms with Gasteiger partial charge in [-0.05, 0) is 23.8 Å². The Morgan fingerprint density at radius 1 is 1.32 bits per heavy atom. The van der Waals surface area contributed by atoms with Crippen molar-refractivity contribution in [3.8, 4) is 5.82 Å². The fourth-order valence-electron chi connectivity index (χ4n) is 2.96. The SMILES string of the molecule is COCc1c(C(=O)NCc2ccc(-n3ccnc3)nc2)sc2cccc(F)c12. The van der Waals surface area contributed by atoms with E-state index in [2.05, 4.69) is 15.3 Å². The molecule has 0 saturated carbocycles. The van der Waals surface area contributed by atoms with Crippen LogP contribution >= 0.6 is 11.3 Å². The molecule has 0 unspecified atom stereocenters. The number of thiophene rings is 1. The summed E-state index contributed by atoms with van der Waals surface area (Å²) in [6.45, 7) is 0.490. The highest BCUT2D eigenvalue weighted by atomic mass is 32.1. The van der Waals surface area contributed by atoms with Crippen LogP contribution in [0.2, 0.25) is 0 Å². The van der Waals surface area contributed by atoms with E-state index in [-0.39, 0.29) is 18.3 Å². The maximum Gasteiger partial charge on any atom is 0.262 e. The molecular weight excluding hydrogens is 379 g/mol. The molecule has 0 aliphatic carbocycles. The molecule has 1 N–H and O–H groups in total. The fourth-order valence-corrected chi connectivity index (χ4v) is 4.10. The zero-order valence-corrected chi connectivity index (χ0v) is 15.9. The number of methoxy groups -OCH3 is 1. The number of halogens is 1. The highest BCUT2D eigenvalue weighted by Crippen LogP contribution is 2.33. The summed E-state index contributed by atoms with van der Waals surface area (Å²) in [5.74, 6) is 0.139. The number of benzene rings is 1. The molecule has 3 aromatic heterocycles. The summed E-state index contributed by atoms with van der Waals surface area (Å²) in [4.78, 5) is 21.6. The van der Waals surface area contributed by atoms with Crippen LogP contribution in [-0.2, 0) is 17.9 Å². The topological polar surface area (TPSA) is 69.0 Å². The predicted octanol–water partition coefficient (Wildman–Crippen LogP) is 3.70. The van der Waals surface area contributed by atoms with Crippen LogP contribution in [0.25, 0.3) is 15.9 Å². The summed E-state index contributed by atoms with van der Waals surface area (Å²) in [6, 6.07) is 8.58. The van der Waals surface area contributed by atoms with Crippen molar-refractivity contribution in [2.24, 2.45) is 0 Å². The molecule has 142 valence electrons. The second-order valence-electron chi connectivity index (χ2n) is 6.13. The first kappa shape index (κ1) is 18.3. The number of imidazole rings is 1. The van der Waals surface area contributed by atoms with Crippen LogP contribution in [0, 0.1) is 5.82 Å². The van der Waals surface area contributed by atoms with Crippen molar-refractivity contribution in [1.82, 2.24) is 19.9 Å². The molecule has 1 aromatic carbocycles. The average molecular weight is 396 g/mol. The normalized spacial score (nSPS) is 11.1. The zero-order chi connectivity index (χ0) is 19.5. The van der Waals surface area contributed by atoms with Crippen LogP contribution in [0.15, 0.2) is 55.2 Å². The summed E-state index contributed by atoms with van der Waals surface area (Å²) in [5, 5.41) is 3.33. The standard InChI is InChI=1S/C20H17FN4O2S/c1-27-11-14-18-15(21)3-2-4-16(18)28-19(14)20(26)24-10-13-5-6-17(23-9-13)25-8-7-22-12-25/h2-9,12H,10-11H2,1H3,(H,24,26). The Morgan fingerprint density at radius 3 is 2.93 bits per heavy atom. The number of nitrogens with one attached hydrogen (secondary N) is 1. The lowest BCUT2D eigenvalue weighted by molar-refractivity contribution is 0.0950. The molecule has 0 radical (unpaired) electrons. The van der Waals surface area contributed by atoms with E-state index in [1.807, 2.05) is 18.3 Å². The van der Waals surface area contributed by atoms with Gasteiger partial charge in [-0.25, -0.2) is 14.4 Å². The molecule has 4 aromatic rings. The Labute approximate surface area is 164 Å². The number of carbonyl (C=O) groups excluding carboxylic acids is 1. The third-order valence-corrected chi connectivity index (χ3v) is 5.49. The number of fused-ring (bicyclic) bond motifs is 1. The van der Waals surface area contributed by atoms with Gasteiger partial charge in [-0.2, -0.15) is 0 Å². The molecule has 1 amide bonds. The van der Waals surface area contributed by atoms with Gasteiger partial charge in [0.25, 0.3) is 5.91 Å². The Hall–Kier alpha value is -3.10. The Kier molecular flexibility index (Phi) is 5.14. The van der Waals surface area contributed by atoms with E-state index in [0.717, 1.165) is 16.1 Å². The van der Waals surface area contributed by atoms with Crippen molar-refractivity contribution in [3.05, 3.63) is 77.1 Å². The van der Waals surface area contributed by atoms with Gasteiger partial charge < -0.3 is 10.1 Å². The van der Waals surface area contributed by atoms with E-state index < -0.39 is 0 Å². The zero-order valence-electron chi connectivity index (χ0n) is 15.1. The summed E-state index contributed by atoms with van der Waals surface area (Å²) in [6.07, 6.45) is 6.86. The van der Waals surface area contributed by atoms with E-state index >= 15 is 0 Å². The molecule has 0 spiro atoms. The van der Waals surface area contributed by atoms with E-state index in [9.17, 15) is 9.18 Å². The van der Waals surface area contributed by atoms with Gasteiger partial charge in [-0.1, -0.05) is 12.1 Å². The highest BCUT2D eigenvalue weighted by Gasteiger charge is 2.20. The molecule has 8 heteroatoms. The lowest BCUT2D eigenvalue weighted by Gasteiger charge is -2.07. The number of amides is 1. The number of hydrogen-bond acceptors (Lipinski definition) is 5. The van der Waals surface area contributed by atoms with E-state index in [1.165, 1.54) is 24.5 Å². The first-order valence-corrected chi connectivity index (χ1v) is 9.39. The van der Waals surface area contributed by atoms with Crippen molar-refractivity contribution < 1.29 is 13.9 Å². The minimum absolute atomic E-state index is 0.171. The van der Waals surface area contributed by atoms with E-state index in [0.29, 0.717) is 22.4 Å². The molecule has 4 rings (SSSR count). The van der Waals surface area contributed by atoms with Crippen LogP contribution in [0.5, 0.6) is 0 Å². The molecule has 0 aliphatic heterocycles. The van der Waals surface area contributed by atoms with Gasteiger partial charge in [0.15, 0.2) is 0 Å². The first-order chi connectivity index (χ1) is 13.7. The van der Waals surface area contributed by atoms with Crippen LogP contribution < -0.4 is 5.32 Å². The average Bonchev–Trinajstić information content (AvgIpc) is 3.36. The smallest absolute Gasteiger partial charge is 0.262 e. The molecule has 6 nitrogen and oxygen atoms in total. The number of hydrogen-bond donors (Lipinski definition) is 1. The van der Waals surface area contributed by atoms with Gasteiger partial charge in [-0.15, -0.1) is 11.3 Å². The summed E-state index contributed by atoms with van der Waals surface area (Å²) < 4.78 is 22.0. The summed E-state index contributed by atoms with van der Waals surface area (Å²) in [7, 11) is 1.53. The molecular formula is C20H17FN4O2S. The lowest BCUT2D eigenvalue weighted by atomic mass is 10.1. The van der Waals surface area contributed by atoms with Crippen molar-refractivity contribution in [2.45, 2.75) is 13.2 Å². The van der Waals surface area contributed by atoms with Crippen LogP contribution in [0.4, 0.5) is 4.39 Å². The minimum Gasteiger partial charge on any atom is -0.380 e. The molecule has 3 heterocycles. The van der Waals surface area contributed by atoms with Crippen LogP contribution in [0.3, 0.4) is 0 Å². The Balaban J connectivity index is 1.52. The highest BCUT2D eigenvalue weighted by molar-refractivity contribution is 7.21. The minimum atomic E-state index is -0.348. The van der Waals surface area contributed by atoms with Gasteiger partial charge in [0.2, 0.25) is 0 Å². The third kappa shape index (κ3) is 3.51. The van der Waals surface area contributed by atoms with Gasteiger partial charge in [0, 0.05) is 47.9 Å². The van der Waals surface area contributed by atoms with Crippen molar-refractivity contribution in [1.29, 1.82) is 0 Å². The number of rotatable bonds is 6. The lowest BCUT2D eigenvalue weighted by Crippen LogP contribution is -2.23. The van der Waals surface area contributed by atoms with Crippen molar-refractivity contribution in [3.63, 3.8) is 0 Å². The Bertz CT molecular complexity index is 1110. The van der Waals surface area contributed by atoms with Gasteiger partial charge in [0.05, 0.1) is 11.5 Å². The number of nitrogens with zero attached hydrogens (tertiary/aromatic N) is 3. The second kappa shape index (κ2) is 7.87. The predicted molar refractivity (Wildman–Crippen MR) is 105 cm³/mol. The summed E-state index contributed by atoms with van der Waals surface area (Å²) in [5.41, 5.74) is 1.43. The van der Waals surface area contributed by atoms with E-state index in [1.54, 1.807) is 35.4 Å². The third-order valence-electron chi connectivity index (χ3n) is 4.29. The molecule has 0 atom stereocenters. The van der Waals surface area contributed by atoms with Crippen LogP contribution in [-0.4, -0.2) is 27.6 Å². The number of carbonyl (C=O) groups is 1. The van der Waals surface area contributed by atoms with Crippen molar-refractivity contribution >= 4 is 27.3 Å². The number of aromatic nitrogens is 3. The maximum absolute atomic E-state index is 14.3. The first-order valence-electron chi connectivity index (χ1n) is 8.57. The molecule has 0 bridgehead atoms. The van der Waals surface area contributed by atoms with Gasteiger partial charge >= 0.3 is 0 Å². The van der Waals surface area contributed by atoms with Crippen molar-refractivity contribution in [2.75, 3.05) is 7.11 Å². The molecule has 28 heavy (non-hydrogen) atoms. The molecule has 0 aliphatic rings. The largest absolute Gasteiger partial charge is 0.380 e. The van der Waals surface area contributed by atoms with Crippen LogP contribution in [0.1, 0.15) is 20.8 Å². The quantitative estimate of drug-likeness (QED) is 0.540. The fraction of sp³-hybridized carbons (Fsp3) is 0.150. The van der Waals surface area contributed by atoms with E-state index in [4.69, 9.17) is 4.74 Å². The monoisotopic (exact) mass is 396 g/mol. The molecule has 0 fully saturated rings. The van der Waals surface area contributed by atoms with Gasteiger partial charge in [0.1, 0.15) is 18.0 Å².